The van der Waals surface area contributed by atoms with Crippen molar-refractivity contribution in [3.63, 3.8) is 0 Å². The van der Waals surface area contributed by atoms with E-state index in [1.54, 1.807) is 28.0 Å². The summed E-state index contributed by atoms with van der Waals surface area (Å²) in [4.78, 5) is 4.27. The van der Waals surface area contributed by atoms with Crippen LogP contribution >= 0.6 is 0 Å². The number of hydrogen-bond donors (Lipinski definition) is 4. The first-order valence-corrected chi connectivity index (χ1v) is 6.33. The molecule has 0 radical (unpaired) electrons. The van der Waals surface area contributed by atoms with Crippen LogP contribution in [0.3, 0.4) is 0 Å². The van der Waals surface area contributed by atoms with Crippen molar-refractivity contribution in [1.82, 2.24) is 24.9 Å². The molecule has 3 rings (SSSR count). The number of allylic oxidation sites excluding steroid dienone is 1. The SMILES string of the molecule is Cn1cc(NC2=C(N)C=NC(N)(c3cnn(C)c3)N2)cn1. The molecule has 2 aromatic rings. The van der Waals surface area contributed by atoms with E-state index < -0.39 is 5.79 Å². The average molecular weight is 287 g/mol. The van der Waals surface area contributed by atoms with Gasteiger partial charge in [-0.25, -0.2) is 4.99 Å². The predicted octanol–water partition coefficient (Wildman–Crippen LogP) is -0.863. The lowest BCUT2D eigenvalue weighted by atomic mass is 10.1. The Hall–Kier alpha value is -2.81. The van der Waals surface area contributed by atoms with Crippen molar-refractivity contribution in [2.24, 2.45) is 30.6 Å². The van der Waals surface area contributed by atoms with Crippen molar-refractivity contribution in [2.75, 3.05) is 5.32 Å². The molecule has 9 nitrogen and oxygen atoms in total. The van der Waals surface area contributed by atoms with Crippen LogP contribution < -0.4 is 22.1 Å². The van der Waals surface area contributed by atoms with Crippen LogP contribution in [0.15, 0.2) is 41.3 Å². The number of rotatable bonds is 3. The molecular weight excluding hydrogens is 270 g/mol. The zero-order valence-corrected chi connectivity index (χ0v) is 11.8. The number of aliphatic imine (C=N–C) groups is 1. The van der Waals surface area contributed by atoms with E-state index in [0.717, 1.165) is 11.3 Å². The van der Waals surface area contributed by atoms with Gasteiger partial charge in [-0.2, -0.15) is 10.2 Å². The van der Waals surface area contributed by atoms with Crippen LogP contribution in [0.2, 0.25) is 0 Å². The lowest BCUT2D eigenvalue weighted by Gasteiger charge is -2.31. The monoisotopic (exact) mass is 287 g/mol. The molecule has 0 spiro atoms. The summed E-state index contributed by atoms with van der Waals surface area (Å²) < 4.78 is 3.35. The molecule has 1 aliphatic rings. The average Bonchev–Trinajstić information content (AvgIpc) is 3.04. The highest BCUT2D eigenvalue weighted by molar-refractivity contribution is 5.81. The van der Waals surface area contributed by atoms with Gasteiger partial charge in [0.05, 0.1) is 35.6 Å². The van der Waals surface area contributed by atoms with Gasteiger partial charge in [0.25, 0.3) is 0 Å². The molecule has 3 heterocycles. The first-order chi connectivity index (χ1) is 9.96. The predicted molar refractivity (Wildman–Crippen MR) is 78.7 cm³/mol. The van der Waals surface area contributed by atoms with E-state index in [1.807, 2.05) is 20.3 Å². The van der Waals surface area contributed by atoms with Gasteiger partial charge in [0, 0.05) is 26.5 Å². The summed E-state index contributed by atoms with van der Waals surface area (Å²) in [6, 6.07) is 0. The third-order valence-electron chi connectivity index (χ3n) is 3.13. The summed E-state index contributed by atoms with van der Waals surface area (Å²) in [5.41, 5.74) is 14.2. The number of nitrogens with two attached hydrogens (primary N) is 2. The highest BCUT2D eigenvalue weighted by Gasteiger charge is 2.31. The van der Waals surface area contributed by atoms with Gasteiger partial charge >= 0.3 is 0 Å². The van der Waals surface area contributed by atoms with E-state index in [0.29, 0.717) is 11.5 Å². The maximum atomic E-state index is 6.29. The standard InChI is InChI=1S/C12H17N9/c1-20-6-8(3-16-20)12(14)15-5-10(13)11(19-12)18-9-4-17-21(2)7-9/h3-7,18-19H,13-14H2,1-2H3. The molecule has 0 aliphatic carbocycles. The number of hydrogen-bond acceptors (Lipinski definition) is 7. The number of nitrogens with zero attached hydrogens (tertiary/aromatic N) is 5. The Morgan fingerprint density at radius 2 is 1.90 bits per heavy atom. The Bertz CT molecular complexity index is 723. The van der Waals surface area contributed by atoms with Crippen molar-refractivity contribution >= 4 is 11.9 Å². The van der Waals surface area contributed by atoms with Crippen molar-refractivity contribution in [1.29, 1.82) is 0 Å². The molecular formula is C12H17N9. The molecule has 0 fully saturated rings. The Morgan fingerprint density at radius 3 is 2.52 bits per heavy atom. The molecule has 9 heteroatoms. The molecule has 1 aliphatic heterocycles. The Kier molecular flexibility index (Phi) is 2.91. The van der Waals surface area contributed by atoms with Gasteiger partial charge in [-0.1, -0.05) is 0 Å². The second-order valence-electron chi connectivity index (χ2n) is 4.91. The normalized spacial score (nSPS) is 21.5. The number of anilines is 1. The molecule has 6 N–H and O–H groups in total. The van der Waals surface area contributed by atoms with Gasteiger partial charge < -0.3 is 16.4 Å². The minimum Gasteiger partial charge on any atom is -0.395 e. The zero-order valence-electron chi connectivity index (χ0n) is 11.8. The van der Waals surface area contributed by atoms with E-state index in [4.69, 9.17) is 11.5 Å². The van der Waals surface area contributed by atoms with Gasteiger partial charge in [0.15, 0.2) is 0 Å². The summed E-state index contributed by atoms with van der Waals surface area (Å²) in [6.45, 7) is 0. The van der Waals surface area contributed by atoms with Crippen LogP contribution in [0.5, 0.6) is 0 Å². The van der Waals surface area contributed by atoms with Gasteiger partial charge in [0.2, 0.25) is 5.79 Å². The summed E-state index contributed by atoms with van der Waals surface area (Å²) in [5.74, 6) is -0.536. The van der Waals surface area contributed by atoms with Crippen LogP contribution in [-0.4, -0.2) is 25.8 Å². The number of aryl methyl sites for hydroxylation is 2. The molecule has 0 saturated carbocycles. The fourth-order valence-electron chi connectivity index (χ4n) is 2.03. The Balaban J connectivity index is 1.86. The van der Waals surface area contributed by atoms with Crippen LogP contribution in [-0.2, 0) is 19.9 Å². The van der Waals surface area contributed by atoms with E-state index in [9.17, 15) is 0 Å². The van der Waals surface area contributed by atoms with Crippen LogP contribution in [0.25, 0.3) is 0 Å². The highest BCUT2D eigenvalue weighted by Crippen LogP contribution is 2.21. The molecule has 110 valence electrons. The molecule has 0 bridgehead atoms. The van der Waals surface area contributed by atoms with Crippen molar-refractivity contribution in [3.8, 4) is 0 Å². The fourth-order valence-corrected chi connectivity index (χ4v) is 2.03. The lowest BCUT2D eigenvalue weighted by Crippen LogP contribution is -2.52. The summed E-state index contributed by atoms with van der Waals surface area (Å²) in [7, 11) is 3.65. The minimum atomic E-state index is -1.11. The van der Waals surface area contributed by atoms with Gasteiger partial charge in [-0.3, -0.25) is 15.1 Å². The second kappa shape index (κ2) is 4.63. The van der Waals surface area contributed by atoms with E-state index in [2.05, 4.69) is 25.8 Å². The summed E-state index contributed by atoms with van der Waals surface area (Å²) >= 11 is 0. The maximum absolute atomic E-state index is 6.29. The smallest absolute Gasteiger partial charge is 0.213 e. The molecule has 0 aromatic carbocycles. The molecule has 1 atom stereocenters. The topological polar surface area (TPSA) is 124 Å². The first kappa shape index (κ1) is 13.2. The second-order valence-corrected chi connectivity index (χ2v) is 4.91. The molecule has 1 unspecified atom stereocenters. The van der Waals surface area contributed by atoms with E-state index in [-0.39, 0.29) is 0 Å². The Morgan fingerprint density at radius 1 is 1.19 bits per heavy atom. The first-order valence-electron chi connectivity index (χ1n) is 6.33. The largest absolute Gasteiger partial charge is 0.395 e. The van der Waals surface area contributed by atoms with Crippen LogP contribution in [0, 0.1) is 0 Å². The third kappa shape index (κ3) is 2.46. The molecule has 0 amide bonds. The maximum Gasteiger partial charge on any atom is 0.213 e. The van der Waals surface area contributed by atoms with Gasteiger partial charge in [0.1, 0.15) is 5.82 Å². The minimum absolute atomic E-state index is 0.462. The quantitative estimate of drug-likeness (QED) is 0.582. The fraction of sp³-hybridized carbons (Fsp3) is 0.250. The number of nitrogens with one attached hydrogen (secondary N) is 2. The molecule has 0 saturated heterocycles. The van der Waals surface area contributed by atoms with Crippen molar-refractivity contribution < 1.29 is 0 Å². The number of aromatic nitrogens is 4. The van der Waals surface area contributed by atoms with Crippen LogP contribution in [0.4, 0.5) is 5.69 Å². The zero-order chi connectivity index (χ0) is 15.0. The van der Waals surface area contributed by atoms with Gasteiger partial charge in [-0.15, -0.1) is 0 Å². The van der Waals surface area contributed by atoms with Gasteiger partial charge in [-0.05, 0) is 0 Å². The van der Waals surface area contributed by atoms with E-state index in [1.165, 1.54) is 6.21 Å². The van der Waals surface area contributed by atoms with E-state index >= 15 is 0 Å². The van der Waals surface area contributed by atoms with Crippen LogP contribution in [0.1, 0.15) is 5.56 Å². The summed E-state index contributed by atoms with van der Waals surface area (Å²) in [6.07, 6.45) is 8.51. The third-order valence-corrected chi connectivity index (χ3v) is 3.13. The highest BCUT2D eigenvalue weighted by atomic mass is 15.3. The lowest BCUT2D eigenvalue weighted by molar-refractivity contribution is 0.395. The molecule has 2 aromatic heterocycles. The summed E-state index contributed by atoms with van der Waals surface area (Å²) in [5, 5.41) is 14.4. The van der Waals surface area contributed by atoms with Crippen molar-refractivity contribution in [2.45, 2.75) is 5.79 Å². The Labute approximate surface area is 121 Å². The van der Waals surface area contributed by atoms with Crippen molar-refractivity contribution in [3.05, 3.63) is 41.9 Å². The molecule has 21 heavy (non-hydrogen) atoms.